The molecule has 8 heteroatoms. The first-order valence-electron chi connectivity index (χ1n) is 11.9. The molecule has 4 heterocycles. The van der Waals surface area contributed by atoms with Crippen LogP contribution in [0, 0.1) is 5.92 Å². The van der Waals surface area contributed by atoms with Crippen molar-refractivity contribution in [2.45, 2.75) is 19.3 Å². The number of aromatic nitrogens is 2. The number of hydrogen-bond donors (Lipinski definition) is 0. The van der Waals surface area contributed by atoms with Crippen LogP contribution < -0.4 is 4.90 Å². The predicted molar refractivity (Wildman–Crippen MR) is 128 cm³/mol. The minimum absolute atomic E-state index is 0.145. The maximum Gasteiger partial charge on any atom is 0.289 e. The van der Waals surface area contributed by atoms with Crippen LogP contribution in [0.5, 0.6) is 0 Å². The van der Waals surface area contributed by atoms with Gasteiger partial charge in [0.1, 0.15) is 0 Å². The van der Waals surface area contributed by atoms with E-state index in [1.54, 1.807) is 28.0 Å². The van der Waals surface area contributed by atoms with Crippen LogP contribution in [-0.2, 0) is 6.42 Å². The van der Waals surface area contributed by atoms with Crippen LogP contribution in [0.15, 0.2) is 65.3 Å². The summed E-state index contributed by atoms with van der Waals surface area (Å²) in [5.74, 6) is 1.54. The number of furan rings is 1. The third-order valence-electron chi connectivity index (χ3n) is 6.76. The molecule has 2 aliphatic heterocycles. The lowest BCUT2D eigenvalue weighted by Gasteiger charge is -2.34. The molecule has 0 bridgehead atoms. The summed E-state index contributed by atoms with van der Waals surface area (Å²) >= 11 is 0. The Labute approximate surface area is 199 Å². The molecule has 0 saturated carbocycles. The van der Waals surface area contributed by atoms with Crippen LogP contribution in [0.2, 0.25) is 0 Å². The molecule has 0 unspecified atom stereocenters. The van der Waals surface area contributed by atoms with Crippen LogP contribution in [0.4, 0.5) is 5.82 Å². The first kappa shape index (κ1) is 22.1. The lowest BCUT2D eigenvalue weighted by molar-refractivity contribution is 0.0514. The molecule has 0 atom stereocenters. The van der Waals surface area contributed by atoms with E-state index in [-0.39, 0.29) is 11.8 Å². The van der Waals surface area contributed by atoms with Gasteiger partial charge in [-0.25, -0.2) is 0 Å². The topological polar surface area (TPSA) is 82.8 Å². The summed E-state index contributed by atoms with van der Waals surface area (Å²) in [6.45, 7) is 3.76. The molecule has 2 aliphatic rings. The summed E-state index contributed by atoms with van der Waals surface area (Å²) in [5.41, 5.74) is 1.74. The standard InChI is InChI=1S/C26H29N5O3/c32-25(30-14-16-31(17-15-30)26(33)23-7-4-18-34-23)22-8-9-24(28-27-22)29-12-10-21(11-13-29)19-20-5-2-1-3-6-20/h1-9,18,21H,10-17,19H2. The van der Waals surface area contributed by atoms with Crippen LogP contribution in [0.1, 0.15) is 39.4 Å². The summed E-state index contributed by atoms with van der Waals surface area (Å²) in [6.07, 6.45) is 4.85. The van der Waals surface area contributed by atoms with E-state index in [4.69, 9.17) is 4.42 Å². The van der Waals surface area contributed by atoms with Gasteiger partial charge >= 0.3 is 0 Å². The number of anilines is 1. The maximum absolute atomic E-state index is 12.9. The molecule has 0 N–H and O–H groups in total. The Balaban J connectivity index is 1.11. The summed E-state index contributed by atoms with van der Waals surface area (Å²) in [7, 11) is 0. The first-order valence-corrected chi connectivity index (χ1v) is 11.9. The maximum atomic E-state index is 12.9. The van der Waals surface area contributed by atoms with Gasteiger partial charge in [-0.3, -0.25) is 9.59 Å². The Bertz CT molecular complexity index is 1090. The summed E-state index contributed by atoms with van der Waals surface area (Å²) in [6, 6.07) is 17.7. The van der Waals surface area contributed by atoms with Crippen molar-refractivity contribution in [1.29, 1.82) is 0 Å². The molecule has 2 amide bonds. The Morgan fingerprint density at radius 2 is 1.50 bits per heavy atom. The number of hydrogen-bond acceptors (Lipinski definition) is 6. The van der Waals surface area contributed by atoms with Crippen LogP contribution in [0.25, 0.3) is 0 Å². The number of piperidine rings is 1. The van der Waals surface area contributed by atoms with Gasteiger partial charge in [0, 0.05) is 39.3 Å². The highest BCUT2D eigenvalue weighted by molar-refractivity contribution is 5.93. The minimum atomic E-state index is -0.147. The molecule has 8 nitrogen and oxygen atoms in total. The van der Waals surface area contributed by atoms with Crippen molar-refractivity contribution >= 4 is 17.6 Å². The minimum Gasteiger partial charge on any atom is -0.459 e. The Hall–Kier alpha value is -3.68. The third-order valence-corrected chi connectivity index (χ3v) is 6.76. The fourth-order valence-electron chi connectivity index (χ4n) is 4.75. The Kier molecular flexibility index (Phi) is 6.56. The molecule has 176 valence electrons. The molecule has 3 aromatic rings. The number of benzene rings is 1. The van der Waals surface area contributed by atoms with E-state index in [0.717, 1.165) is 38.2 Å². The number of amides is 2. The van der Waals surface area contributed by atoms with Crippen molar-refractivity contribution in [3.05, 3.63) is 77.9 Å². The number of rotatable bonds is 5. The van der Waals surface area contributed by atoms with E-state index < -0.39 is 0 Å². The van der Waals surface area contributed by atoms with Gasteiger partial charge in [-0.15, -0.1) is 10.2 Å². The lowest BCUT2D eigenvalue weighted by atomic mass is 9.90. The van der Waals surface area contributed by atoms with Gasteiger partial charge in [0.2, 0.25) is 0 Å². The molecule has 2 fully saturated rings. The average molecular weight is 460 g/mol. The highest BCUT2D eigenvalue weighted by atomic mass is 16.3. The highest BCUT2D eigenvalue weighted by Gasteiger charge is 2.28. The van der Waals surface area contributed by atoms with E-state index in [9.17, 15) is 9.59 Å². The third kappa shape index (κ3) is 4.95. The molecule has 0 radical (unpaired) electrons. The molecule has 2 aromatic heterocycles. The van der Waals surface area contributed by atoms with Crippen molar-refractivity contribution in [2.75, 3.05) is 44.2 Å². The van der Waals surface area contributed by atoms with Gasteiger partial charge in [-0.2, -0.15) is 0 Å². The first-order chi connectivity index (χ1) is 16.7. The van der Waals surface area contributed by atoms with Gasteiger partial charge in [0.25, 0.3) is 11.8 Å². The largest absolute Gasteiger partial charge is 0.459 e. The zero-order valence-electron chi connectivity index (χ0n) is 19.2. The van der Waals surface area contributed by atoms with Crippen molar-refractivity contribution < 1.29 is 14.0 Å². The number of piperazine rings is 1. The quantitative estimate of drug-likeness (QED) is 0.583. The van der Waals surface area contributed by atoms with E-state index >= 15 is 0 Å². The zero-order valence-corrected chi connectivity index (χ0v) is 19.2. The van der Waals surface area contributed by atoms with E-state index in [0.29, 0.717) is 43.6 Å². The molecule has 5 rings (SSSR count). The molecular formula is C26H29N5O3. The molecule has 1 aromatic carbocycles. The van der Waals surface area contributed by atoms with Crippen LogP contribution in [-0.4, -0.2) is 71.1 Å². The number of carbonyl (C=O) groups excluding carboxylic acids is 2. The summed E-state index contributed by atoms with van der Waals surface area (Å²) in [4.78, 5) is 31.0. The average Bonchev–Trinajstić information content (AvgIpc) is 3.44. The van der Waals surface area contributed by atoms with Crippen molar-refractivity contribution in [3.63, 3.8) is 0 Å². The van der Waals surface area contributed by atoms with Gasteiger partial charge in [0.05, 0.1) is 6.26 Å². The molecule has 0 aliphatic carbocycles. The van der Waals surface area contributed by atoms with Crippen molar-refractivity contribution in [3.8, 4) is 0 Å². The van der Waals surface area contributed by atoms with E-state index in [1.165, 1.54) is 11.8 Å². The zero-order chi connectivity index (χ0) is 23.3. The highest BCUT2D eigenvalue weighted by Crippen LogP contribution is 2.24. The molecule has 2 saturated heterocycles. The monoisotopic (exact) mass is 459 g/mol. The second-order valence-corrected chi connectivity index (χ2v) is 8.96. The Morgan fingerprint density at radius 3 is 2.12 bits per heavy atom. The Morgan fingerprint density at radius 1 is 0.794 bits per heavy atom. The van der Waals surface area contributed by atoms with Crippen molar-refractivity contribution in [2.24, 2.45) is 5.92 Å². The normalized spacial score (nSPS) is 17.1. The van der Waals surface area contributed by atoms with Crippen LogP contribution in [0.3, 0.4) is 0 Å². The number of nitrogens with zero attached hydrogens (tertiary/aromatic N) is 5. The van der Waals surface area contributed by atoms with Crippen molar-refractivity contribution in [1.82, 2.24) is 20.0 Å². The second kappa shape index (κ2) is 10.1. The van der Waals surface area contributed by atoms with Gasteiger partial charge < -0.3 is 19.1 Å². The molecular weight excluding hydrogens is 430 g/mol. The van der Waals surface area contributed by atoms with Gasteiger partial charge in [0.15, 0.2) is 17.3 Å². The van der Waals surface area contributed by atoms with Gasteiger partial charge in [-0.1, -0.05) is 30.3 Å². The molecule has 0 spiro atoms. The smallest absolute Gasteiger partial charge is 0.289 e. The van der Waals surface area contributed by atoms with E-state index in [1.807, 2.05) is 6.07 Å². The predicted octanol–water partition coefficient (Wildman–Crippen LogP) is 3.13. The summed E-state index contributed by atoms with van der Waals surface area (Å²) < 4.78 is 5.19. The molecule has 34 heavy (non-hydrogen) atoms. The fraction of sp³-hybridized carbons (Fsp3) is 0.385. The van der Waals surface area contributed by atoms with Crippen LogP contribution >= 0.6 is 0 Å². The summed E-state index contributed by atoms with van der Waals surface area (Å²) in [5, 5.41) is 8.59. The second-order valence-electron chi connectivity index (χ2n) is 8.96. The fourth-order valence-corrected chi connectivity index (χ4v) is 4.75. The SMILES string of the molecule is O=C(c1ccc(N2CCC(Cc3ccccc3)CC2)nn1)N1CCN(C(=O)c2ccco2)CC1. The number of carbonyl (C=O) groups is 2. The lowest BCUT2D eigenvalue weighted by Crippen LogP contribution is -2.50. The van der Waals surface area contributed by atoms with E-state index in [2.05, 4.69) is 45.4 Å². The van der Waals surface area contributed by atoms with Gasteiger partial charge in [-0.05, 0) is 55.0 Å².